The molecule has 2 atom stereocenters. The predicted octanol–water partition coefficient (Wildman–Crippen LogP) is 2.51. The first-order valence-corrected chi connectivity index (χ1v) is 10.5. The Kier molecular flexibility index (Phi) is 6.90. The molecule has 0 radical (unpaired) electrons. The number of hydrogen-bond acceptors (Lipinski definition) is 4. The van der Waals surface area contributed by atoms with E-state index in [0.717, 1.165) is 44.5 Å². The lowest BCUT2D eigenvalue weighted by Gasteiger charge is -2.39. The Balaban J connectivity index is 1.42. The van der Waals surface area contributed by atoms with Crippen molar-refractivity contribution in [1.82, 2.24) is 15.5 Å². The van der Waals surface area contributed by atoms with Gasteiger partial charge in [0.2, 0.25) is 0 Å². The highest BCUT2D eigenvalue weighted by atomic mass is 16.1. The van der Waals surface area contributed by atoms with Gasteiger partial charge in [0.25, 0.3) is 5.91 Å². The zero-order valence-electron chi connectivity index (χ0n) is 17.0. The van der Waals surface area contributed by atoms with Crippen LogP contribution in [-0.2, 0) is 6.54 Å². The summed E-state index contributed by atoms with van der Waals surface area (Å²) >= 11 is 0. The van der Waals surface area contributed by atoms with Crippen LogP contribution in [0, 0.1) is 5.41 Å². The van der Waals surface area contributed by atoms with Crippen molar-refractivity contribution in [3.63, 3.8) is 0 Å². The molecule has 1 aromatic carbocycles. The molecule has 1 aliphatic carbocycles. The molecule has 2 fully saturated rings. The van der Waals surface area contributed by atoms with Crippen LogP contribution in [0.25, 0.3) is 0 Å². The minimum Gasteiger partial charge on any atom is -0.351 e. The van der Waals surface area contributed by atoms with Crippen molar-refractivity contribution in [1.29, 1.82) is 0 Å². The van der Waals surface area contributed by atoms with E-state index in [1.54, 1.807) is 0 Å². The Morgan fingerprint density at radius 2 is 1.89 bits per heavy atom. The van der Waals surface area contributed by atoms with E-state index in [4.69, 9.17) is 5.73 Å². The van der Waals surface area contributed by atoms with Gasteiger partial charge in [-0.25, -0.2) is 0 Å². The van der Waals surface area contributed by atoms with Gasteiger partial charge in [0.05, 0.1) is 0 Å². The molecule has 3 rings (SSSR count). The highest BCUT2D eigenvalue weighted by molar-refractivity contribution is 5.94. The number of nitrogens with zero attached hydrogens (tertiary/aromatic N) is 1. The number of nitrogens with one attached hydrogen (secondary N) is 2. The van der Waals surface area contributed by atoms with Crippen molar-refractivity contribution in [2.75, 3.05) is 26.2 Å². The smallest absolute Gasteiger partial charge is 0.251 e. The standard InChI is InChI=1S/C22H36N4O/c1-22(2)14-19(23)13-20(15-22)25-16-17-5-7-18(8-6-17)21(27)24-9-12-26-10-3-4-11-26/h5-8,19-20,25H,3-4,9-16,23H2,1-2H3,(H,24,27). The van der Waals surface area contributed by atoms with Crippen LogP contribution in [0.15, 0.2) is 24.3 Å². The first-order chi connectivity index (χ1) is 12.9. The summed E-state index contributed by atoms with van der Waals surface area (Å²) in [6, 6.07) is 8.72. The average Bonchev–Trinajstić information content (AvgIpc) is 3.12. The van der Waals surface area contributed by atoms with Crippen LogP contribution in [0.1, 0.15) is 61.9 Å². The molecule has 1 aromatic rings. The largest absolute Gasteiger partial charge is 0.351 e. The number of likely N-dealkylation sites (tertiary alicyclic amines) is 1. The Labute approximate surface area is 164 Å². The first kappa shape index (κ1) is 20.3. The van der Waals surface area contributed by atoms with Gasteiger partial charge >= 0.3 is 0 Å². The summed E-state index contributed by atoms with van der Waals surface area (Å²) in [5.74, 6) is 0.0220. The van der Waals surface area contributed by atoms with Crippen molar-refractivity contribution >= 4 is 5.91 Å². The maximum absolute atomic E-state index is 12.3. The highest BCUT2D eigenvalue weighted by Crippen LogP contribution is 2.34. The van der Waals surface area contributed by atoms with Crippen molar-refractivity contribution in [3.8, 4) is 0 Å². The third-order valence-electron chi connectivity index (χ3n) is 5.92. The molecular formula is C22H36N4O. The summed E-state index contributed by atoms with van der Waals surface area (Å²) in [5, 5.41) is 6.68. The zero-order chi connectivity index (χ0) is 19.3. The molecule has 4 N–H and O–H groups in total. The molecule has 27 heavy (non-hydrogen) atoms. The van der Waals surface area contributed by atoms with Gasteiger partial charge in [-0.15, -0.1) is 0 Å². The van der Waals surface area contributed by atoms with Crippen LogP contribution in [0.2, 0.25) is 0 Å². The van der Waals surface area contributed by atoms with Crippen LogP contribution in [0.3, 0.4) is 0 Å². The van der Waals surface area contributed by atoms with Crippen LogP contribution in [0.5, 0.6) is 0 Å². The third kappa shape index (κ3) is 6.30. The van der Waals surface area contributed by atoms with Gasteiger partial charge in [-0.3, -0.25) is 4.79 Å². The number of hydrogen-bond donors (Lipinski definition) is 3. The molecule has 0 spiro atoms. The average molecular weight is 373 g/mol. The van der Waals surface area contributed by atoms with E-state index in [1.807, 2.05) is 12.1 Å². The van der Waals surface area contributed by atoms with E-state index in [-0.39, 0.29) is 11.9 Å². The number of rotatable bonds is 7. The van der Waals surface area contributed by atoms with E-state index in [1.165, 1.54) is 31.5 Å². The van der Waals surface area contributed by atoms with E-state index in [0.29, 0.717) is 11.5 Å². The summed E-state index contributed by atoms with van der Waals surface area (Å²) < 4.78 is 0. The number of carbonyl (C=O) groups is 1. The summed E-state index contributed by atoms with van der Waals surface area (Å²) in [7, 11) is 0. The fourth-order valence-corrected chi connectivity index (χ4v) is 4.62. The summed E-state index contributed by atoms with van der Waals surface area (Å²) in [4.78, 5) is 14.7. The van der Waals surface area contributed by atoms with Gasteiger partial charge in [-0.05, 0) is 68.3 Å². The molecular weight excluding hydrogens is 336 g/mol. The summed E-state index contributed by atoms with van der Waals surface area (Å²) in [5.41, 5.74) is 8.47. The zero-order valence-corrected chi connectivity index (χ0v) is 17.0. The highest BCUT2D eigenvalue weighted by Gasteiger charge is 2.31. The number of carbonyl (C=O) groups excluding carboxylic acids is 1. The topological polar surface area (TPSA) is 70.4 Å². The predicted molar refractivity (Wildman–Crippen MR) is 111 cm³/mol. The molecule has 1 aliphatic heterocycles. The Hall–Kier alpha value is -1.43. The number of amides is 1. The molecule has 1 saturated heterocycles. The van der Waals surface area contributed by atoms with Crippen molar-refractivity contribution in [2.24, 2.45) is 11.1 Å². The number of nitrogens with two attached hydrogens (primary N) is 1. The minimum absolute atomic E-state index is 0.0220. The molecule has 1 amide bonds. The Morgan fingerprint density at radius 3 is 2.56 bits per heavy atom. The van der Waals surface area contributed by atoms with Gasteiger partial charge in [0, 0.05) is 37.3 Å². The second kappa shape index (κ2) is 9.18. The van der Waals surface area contributed by atoms with Crippen LogP contribution >= 0.6 is 0 Å². The second-order valence-electron chi connectivity index (χ2n) is 9.15. The summed E-state index contributed by atoms with van der Waals surface area (Å²) in [6.07, 6.45) is 5.88. The molecule has 5 nitrogen and oxygen atoms in total. The Bertz CT molecular complexity index is 607. The molecule has 0 aromatic heterocycles. The molecule has 1 saturated carbocycles. The third-order valence-corrected chi connectivity index (χ3v) is 5.92. The van der Waals surface area contributed by atoms with Crippen molar-refractivity contribution < 1.29 is 4.79 Å². The van der Waals surface area contributed by atoms with Gasteiger partial charge in [0.15, 0.2) is 0 Å². The fourth-order valence-electron chi connectivity index (χ4n) is 4.62. The van der Waals surface area contributed by atoms with E-state index in [2.05, 4.69) is 41.5 Å². The lowest BCUT2D eigenvalue weighted by Crippen LogP contribution is -2.45. The lowest BCUT2D eigenvalue weighted by molar-refractivity contribution is 0.0949. The minimum atomic E-state index is 0.0220. The molecule has 1 heterocycles. The fraction of sp³-hybridized carbons (Fsp3) is 0.682. The SMILES string of the molecule is CC1(C)CC(N)CC(NCc2ccc(C(=O)NCCN3CCCC3)cc2)C1. The van der Waals surface area contributed by atoms with E-state index >= 15 is 0 Å². The molecule has 150 valence electrons. The van der Waals surface area contributed by atoms with E-state index in [9.17, 15) is 4.79 Å². The van der Waals surface area contributed by atoms with E-state index < -0.39 is 0 Å². The van der Waals surface area contributed by atoms with Gasteiger partial charge in [-0.1, -0.05) is 26.0 Å². The Morgan fingerprint density at radius 1 is 1.19 bits per heavy atom. The molecule has 5 heteroatoms. The summed E-state index contributed by atoms with van der Waals surface area (Å²) in [6.45, 7) is 9.44. The van der Waals surface area contributed by atoms with Gasteiger partial charge in [-0.2, -0.15) is 0 Å². The van der Waals surface area contributed by atoms with Crippen molar-refractivity contribution in [2.45, 2.75) is 64.6 Å². The second-order valence-corrected chi connectivity index (χ2v) is 9.15. The molecule has 0 bridgehead atoms. The van der Waals surface area contributed by atoms with Crippen molar-refractivity contribution in [3.05, 3.63) is 35.4 Å². The maximum atomic E-state index is 12.3. The lowest BCUT2D eigenvalue weighted by atomic mass is 9.73. The van der Waals surface area contributed by atoms with Crippen LogP contribution in [0.4, 0.5) is 0 Å². The van der Waals surface area contributed by atoms with Gasteiger partial charge < -0.3 is 21.3 Å². The normalized spacial score (nSPS) is 25.4. The quantitative estimate of drug-likeness (QED) is 0.688. The molecule has 2 aliphatic rings. The van der Waals surface area contributed by atoms with Crippen LogP contribution < -0.4 is 16.4 Å². The monoisotopic (exact) mass is 372 g/mol. The van der Waals surface area contributed by atoms with Crippen LogP contribution in [-0.4, -0.2) is 49.1 Å². The maximum Gasteiger partial charge on any atom is 0.251 e. The molecule has 2 unspecified atom stereocenters. The first-order valence-electron chi connectivity index (χ1n) is 10.5. The van der Waals surface area contributed by atoms with Gasteiger partial charge in [0.1, 0.15) is 0 Å². The number of benzene rings is 1.